The molecule has 5 fully saturated rings. The largest absolute Gasteiger partial charge is 0.352 e. The van der Waals surface area contributed by atoms with E-state index in [9.17, 15) is 4.79 Å². The molecule has 4 saturated heterocycles. The van der Waals surface area contributed by atoms with Crippen LogP contribution in [0.3, 0.4) is 0 Å². The van der Waals surface area contributed by atoms with Crippen LogP contribution in [0.2, 0.25) is 5.02 Å². The van der Waals surface area contributed by atoms with Gasteiger partial charge in [0.25, 0.3) is 0 Å². The molecule has 8 atom stereocenters. The minimum absolute atomic E-state index is 0.141. The van der Waals surface area contributed by atoms with Crippen molar-refractivity contribution in [2.75, 3.05) is 18.5 Å². The SMILES string of the molecule is C[C@H]1[C@H](OCCCNC(=O)Nc2ccc(Cl)cc2)O[C@@H]2O[C@]3(C)CC[C@H]4[C@H](C)CC[C@@H]1[C@@]24OO3. The van der Waals surface area contributed by atoms with Gasteiger partial charge in [-0.1, -0.05) is 25.4 Å². The van der Waals surface area contributed by atoms with Gasteiger partial charge in [-0.05, 0) is 68.7 Å². The Morgan fingerprint density at radius 2 is 1.94 bits per heavy atom. The average molecular weight is 495 g/mol. The number of nitrogens with one attached hydrogen (secondary N) is 2. The third-order valence-electron chi connectivity index (χ3n) is 8.09. The topological polar surface area (TPSA) is 87.3 Å². The van der Waals surface area contributed by atoms with E-state index >= 15 is 0 Å². The van der Waals surface area contributed by atoms with Gasteiger partial charge in [0.05, 0.1) is 6.61 Å². The number of hydrogen-bond acceptors (Lipinski definition) is 6. The van der Waals surface area contributed by atoms with E-state index < -0.39 is 17.7 Å². The Balaban J connectivity index is 1.14. The highest BCUT2D eigenvalue weighted by Gasteiger charge is 2.69. The average Bonchev–Trinajstić information content (AvgIpc) is 3.04. The number of rotatable bonds is 6. The number of carbonyl (C=O) groups excluding carboxylic acids is 1. The van der Waals surface area contributed by atoms with Gasteiger partial charge in [0.1, 0.15) is 0 Å². The van der Waals surface area contributed by atoms with Gasteiger partial charge in [0, 0.05) is 35.5 Å². The second-order valence-electron chi connectivity index (χ2n) is 10.4. The minimum atomic E-state index is -0.788. The predicted molar refractivity (Wildman–Crippen MR) is 126 cm³/mol. The van der Waals surface area contributed by atoms with Crippen molar-refractivity contribution in [1.29, 1.82) is 0 Å². The van der Waals surface area contributed by atoms with Crippen molar-refractivity contribution in [3.05, 3.63) is 29.3 Å². The summed E-state index contributed by atoms with van der Waals surface area (Å²) in [5.41, 5.74) is 0.114. The highest BCUT2D eigenvalue weighted by Crippen LogP contribution is 2.60. The second kappa shape index (κ2) is 9.56. The van der Waals surface area contributed by atoms with Crippen molar-refractivity contribution in [3.63, 3.8) is 0 Å². The number of carbonyl (C=O) groups is 1. The summed E-state index contributed by atoms with van der Waals surface area (Å²) in [6.07, 6.45) is 3.77. The van der Waals surface area contributed by atoms with Crippen LogP contribution in [-0.2, 0) is 24.0 Å². The summed E-state index contributed by atoms with van der Waals surface area (Å²) in [5.74, 6) is 0.465. The molecule has 0 radical (unpaired) electrons. The van der Waals surface area contributed by atoms with E-state index in [0.717, 1.165) is 25.7 Å². The first-order valence-electron chi connectivity index (χ1n) is 12.4. The standard InChI is InChI=1S/C25H35ClN2O6/c1-15-5-10-20-16(2)21(31-22-25(20)19(15)11-12-24(3,32-22)33-34-25)30-14-4-13-27-23(29)28-18-8-6-17(26)7-9-18/h6-9,15-16,19-22H,4-5,10-14H2,1-3H3,(H2,27,28,29)/t15-,16-,19+,20+,21-,22-,24+,25-/m1/s1. The number of amides is 2. The van der Waals surface area contributed by atoms with Crippen molar-refractivity contribution < 1.29 is 28.8 Å². The van der Waals surface area contributed by atoms with Gasteiger partial charge in [-0.15, -0.1) is 0 Å². The molecule has 2 N–H and O–H groups in total. The molecule has 0 unspecified atom stereocenters. The molecule has 1 aromatic carbocycles. The summed E-state index contributed by atoms with van der Waals surface area (Å²) in [6.45, 7) is 7.36. The molecule has 9 heteroatoms. The number of fused-ring (bicyclic) bond motifs is 2. The summed E-state index contributed by atoms with van der Waals surface area (Å²) in [4.78, 5) is 24.1. The van der Waals surface area contributed by atoms with E-state index in [-0.39, 0.29) is 24.2 Å². The van der Waals surface area contributed by atoms with Crippen LogP contribution in [0.25, 0.3) is 0 Å². The highest BCUT2D eigenvalue weighted by molar-refractivity contribution is 6.30. The summed E-state index contributed by atoms with van der Waals surface area (Å²) in [5, 5.41) is 6.26. The molecule has 2 amide bonds. The van der Waals surface area contributed by atoms with E-state index in [1.807, 2.05) is 6.92 Å². The Kier molecular flexibility index (Phi) is 6.83. The smallest absolute Gasteiger partial charge is 0.319 e. The first-order valence-corrected chi connectivity index (χ1v) is 12.8. The summed E-state index contributed by atoms with van der Waals surface area (Å²) < 4.78 is 18.9. The van der Waals surface area contributed by atoms with Gasteiger partial charge in [-0.25, -0.2) is 14.6 Å². The molecule has 188 valence electrons. The van der Waals surface area contributed by atoms with Crippen LogP contribution in [0.4, 0.5) is 10.5 Å². The quantitative estimate of drug-likeness (QED) is 0.424. The Hall–Kier alpha value is -1.42. The van der Waals surface area contributed by atoms with Crippen molar-refractivity contribution in [2.24, 2.45) is 23.7 Å². The van der Waals surface area contributed by atoms with Gasteiger partial charge in [0.15, 0.2) is 18.2 Å². The molecule has 4 aliphatic heterocycles. The number of halogens is 1. The number of hydrogen-bond donors (Lipinski definition) is 2. The zero-order valence-corrected chi connectivity index (χ0v) is 20.8. The van der Waals surface area contributed by atoms with Gasteiger partial charge >= 0.3 is 6.03 Å². The van der Waals surface area contributed by atoms with Gasteiger partial charge in [-0.3, -0.25) is 0 Å². The van der Waals surface area contributed by atoms with Crippen molar-refractivity contribution in [1.82, 2.24) is 5.32 Å². The Morgan fingerprint density at radius 1 is 1.15 bits per heavy atom. The molecule has 8 nitrogen and oxygen atoms in total. The molecule has 1 saturated carbocycles. The lowest BCUT2D eigenvalue weighted by Gasteiger charge is -2.60. The molecule has 1 aromatic rings. The van der Waals surface area contributed by atoms with Crippen molar-refractivity contribution >= 4 is 23.3 Å². The Labute approximate surface area is 205 Å². The molecule has 2 bridgehead atoms. The fourth-order valence-corrected chi connectivity index (χ4v) is 6.37. The molecule has 34 heavy (non-hydrogen) atoms. The van der Waals surface area contributed by atoms with Crippen molar-refractivity contribution in [3.8, 4) is 0 Å². The van der Waals surface area contributed by atoms with Gasteiger partial charge in [0.2, 0.25) is 5.79 Å². The van der Waals surface area contributed by atoms with Crippen LogP contribution in [-0.4, -0.2) is 43.2 Å². The molecule has 6 rings (SSSR count). The maximum atomic E-state index is 12.1. The monoisotopic (exact) mass is 494 g/mol. The molecular weight excluding hydrogens is 460 g/mol. The van der Waals surface area contributed by atoms with Crippen LogP contribution in [0, 0.1) is 23.7 Å². The van der Waals surface area contributed by atoms with Gasteiger partial charge in [-0.2, -0.15) is 0 Å². The number of benzene rings is 1. The summed E-state index contributed by atoms with van der Waals surface area (Å²) in [7, 11) is 0. The minimum Gasteiger partial charge on any atom is -0.352 e. The van der Waals surface area contributed by atoms with E-state index in [1.165, 1.54) is 0 Å². The Bertz CT molecular complexity index is 887. The lowest BCUT2D eigenvalue weighted by Crippen LogP contribution is -2.70. The highest BCUT2D eigenvalue weighted by atomic mass is 35.5. The van der Waals surface area contributed by atoms with E-state index in [1.54, 1.807) is 24.3 Å². The zero-order chi connectivity index (χ0) is 23.9. The maximum Gasteiger partial charge on any atom is 0.319 e. The number of ether oxygens (including phenoxy) is 3. The van der Waals surface area contributed by atoms with Crippen LogP contribution < -0.4 is 10.6 Å². The normalized spacial score (nSPS) is 40.8. The molecule has 5 aliphatic rings. The fourth-order valence-electron chi connectivity index (χ4n) is 6.24. The predicted octanol–water partition coefficient (Wildman–Crippen LogP) is 5.08. The summed E-state index contributed by atoms with van der Waals surface area (Å²) in [6, 6.07) is 6.72. The van der Waals surface area contributed by atoms with Crippen LogP contribution in [0.15, 0.2) is 24.3 Å². The van der Waals surface area contributed by atoms with Crippen molar-refractivity contribution in [2.45, 2.75) is 76.8 Å². The fraction of sp³-hybridized carbons (Fsp3) is 0.720. The van der Waals surface area contributed by atoms with Crippen LogP contribution >= 0.6 is 11.6 Å². The van der Waals surface area contributed by atoms with Gasteiger partial charge < -0.3 is 24.8 Å². The third kappa shape index (κ3) is 4.45. The molecule has 0 aromatic heterocycles. The van der Waals surface area contributed by atoms with Crippen LogP contribution in [0.5, 0.6) is 0 Å². The van der Waals surface area contributed by atoms with E-state index in [2.05, 4.69) is 24.5 Å². The zero-order valence-electron chi connectivity index (χ0n) is 20.1. The molecule has 1 spiro atoms. The summed E-state index contributed by atoms with van der Waals surface area (Å²) >= 11 is 5.87. The second-order valence-corrected chi connectivity index (χ2v) is 10.8. The van der Waals surface area contributed by atoms with E-state index in [4.69, 9.17) is 35.6 Å². The van der Waals surface area contributed by atoms with Crippen LogP contribution in [0.1, 0.15) is 52.9 Å². The number of urea groups is 1. The molecule has 1 aliphatic carbocycles. The van der Waals surface area contributed by atoms with E-state index in [0.29, 0.717) is 42.1 Å². The molecular formula is C25H35ClN2O6. The third-order valence-corrected chi connectivity index (χ3v) is 8.34. The lowest BCUT2D eigenvalue weighted by molar-refractivity contribution is -0.577. The first-order chi connectivity index (χ1) is 16.3. The molecule has 4 heterocycles. The Morgan fingerprint density at radius 3 is 2.74 bits per heavy atom. The maximum absolute atomic E-state index is 12.1. The first kappa shape index (κ1) is 24.3. The lowest BCUT2D eigenvalue weighted by atomic mass is 9.58. The number of anilines is 1.